The largest absolute Gasteiger partial charge is 0.411 e. The Kier molecular flexibility index (Phi) is 6.54. The second kappa shape index (κ2) is 7.70. The maximum atomic E-state index is 12.0. The summed E-state index contributed by atoms with van der Waals surface area (Å²) < 4.78 is 40.6. The third kappa shape index (κ3) is 6.86. The summed E-state index contributed by atoms with van der Waals surface area (Å²) in [4.78, 5) is 8.42. The van der Waals surface area contributed by atoms with Gasteiger partial charge in [-0.3, -0.25) is 0 Å². The summed E-state index contributed by atoms with van der Waals surface area (Å²) in [6, 6.07) is 0. The first-order valence-electron chi connectivity index (χ1n) is 6.87. The molecule has 0 atom stereocenters. The number of hydrogen-bond acceptors (Lipinski definition) is 4. The van der Waals surface area contributed by atoms with E-state index in [0.717, 1.165) is 23.5 Å². The lowest BCUT2D eigenvalue weighted by Crippen LogP contribution is -2.21. The Bertz CT molecular complexity index is 438. The van der Waals surface area contributed by atoms with Crippen LogP contribution in [0.5, 0.6) is 0 Å². The van der Waals surface area contributed by atoms with Gasteiger partial charge in [0.1, 0.15) is 13.2 Å². The maximum Gasteiger partial charge on any atom is 0.411 e. The van der Waals surface area contributed by atoms with Gasteiger partial charge in [-0.25, -0.2) is 9.97 Å². The first-order valence-corrected chi connectivity index (χ1v) is 6.87. The highest BCUT2D eigenvalue weighted by Gasteiger charge is 2.27. The Hall–Kier alpha value is -1.21. The van der Waals surface area contributed by atoms with E-state index in [4.69, 9.17) is 0 Å². The van der Waals surface area contributed by atoms with Gasteiger partial charge in [-0.2, -0.15) is 13.2 Å². The lowest BCUT2D eigenvalue weighted by Gasteiger charge is -2.13. The first kappa shape index (κ1) is 17.8. The fraction of sp³-hybridized carbons (Fsp3) is 0.714. The summed E-state index contributed by atoms with van der Waals surface area (Å²) in [5, 5.41) is 3.31. The van der Waals surface area contributed by atoms with Crippen molar-refractivity contribution in [2.45, 2.75) is 47.0 Å². The number of nitrogens with one attached hydrogen (secondary N) is 1. The summed E-state index contributed by atoms with van der Waals surface area (Å²) in [6.07, 6.45) is -4.33. The molecule has 0 aromatic carbocycles. The van der Waals surface area contributed by atoms with Crippen LogP contribution in [-0.4, -0.2) is 29.3 Å². The van der Waals surface area contributed by atoms with E-state index in [1.54, 1.807) is 0 Å². The molecular formula is C14H22F3N3O. The van der Waals surface area contributed by atoms with Crippen molar-refractivity contribution in [1.29, 1.82) is 0 Å². The molecule has 1 N–H and O–H groups in total. The molecule has 0 aliphatic heterocycles. The number of aromatic nitrogens is 2. The molecule has 120 valence electrons. The van der Waals surface area contributed by atoms with E-state index in [9.17, 15) is 13.2 Å². The summed E-state index contributed by atoms with van der Waals surface area (Å²) in [5.41, 5.74) is 2.52. The van der Waals surface area contributed by atoms with Crippen molar-refractivity contribution in [3.8, 4) is 0 Å². The van der Waals surface area contributed by atoms with Crippen LogP contribution < -0.4 is 5.32 Å². The molecular weight excluding hydrogens is 283 g/mol. The van der Waals surface area contributed by atoms with Gasteiger partial charge < -0.3 is 10.1 Å². The van der Waals surface area contributed by atoms with Crippen LogP contribution in [0.15, 0.2) is 0 Å². The van der Waals surface area contributed by atoms with Crippen molar-refractivity contribution in [3.63, 3.8) is 0 Å². The van der Waals surface area contributed by atoms with Crippen LogP contribution in [0.1, 0.15) is 36.6 Å². The smallest absolute Gasteiger partial charge is 0.364 e. The average molecular weight is 305 g/mol. The Morgan fingerprint density at radius 1 is 1.14 bits per heavy atom. The predicted molar refractivity (Wildman–Crippen MR) is 73.8 cm³/mol. The number of nitrogens with zero attached hydrogens (tertiary/aromatic N) is 2. The van der Waals surface area contributed by atoms with Crippen LogP contribution in [-0.2, 0) is 17.9 Å². The number of hydrogen-bond donors (Lipinski definition) is 1. The number of aryl methyl sites for hydroxylation is 2. The van der Waals surface area contributed by atoms with E-state index in [-0.39, 0.29) is 12.4 Å². The molecule has 7 heteroatoms. The van der Waals surface area contributed by atoms with Crippen molar-refractivity contribution >= 4 is 0 Å². The van der Waals surface area contributed by atoms with Gasteiger partial charge in [0.2, 0.25) is 0 Å². The third-order valence-electron chi connectivity index (χ3n) is 2.82. The molecule has 1 heterocycles. The van der Waals surface area contributed by atoms with Crippen LogP contribution in [0.2, 0.25) is 0 Å². The van der Waals surface area contributed by atoms with E-state index in [1.165, 1.54) is 0 Å². The summed E-state index contributed by atoms with van der Waals surface area (Å²) in [7, 11) is 0. The molecule has 4 nitrogen and oxygen atoms in total. The monoisotopic (exact) mass is 305 g/mol. The standard InChI is InChI=1S/C14H22F3N3O/c1-9(2)5-18-6-12-10(3)19-13(20-11(12)4)7-21-8-14(15,16)17/h9,18H,5-8H2,1-4H3. The fourth-order valence-corrected chi connectivity index (χ4v) is 1.87. The lowest BCUT2D eigenvalue weighted by atomic mass is 10.1. The maximum absolute atomic E-state index is 12.0. The summed E-state index contributed by atoms with van der Waals surface area (Å²) >= 11 is 0. The van der Waals surface area contributed by atoms with Crippen LogP contribution in [0, 0.1) is 19.8 Å². The van der Waals surface area contributed by atoms with Gasteiger partial charge in [-0.15, -0.1) is 0 Å². The first-order chi connectivity index (χ1) is 9.69. The Morgan fingerprint density at radius 2 is 1.71 bits per heavy atom. The molecule has 0 bridgehead atoms. The molecule has 0 saturated heterocycles. The minimum absolute atomic E-state index is 0.235. The van der Waals surface area contributed by atoms with Gasteiger partial charge in [0, 0.05) is 23.5 Å². The molecule has 0 aliphatic carbocycles. The molecule has 0 aliphatic rings. The van der Waals surface area contributed by atoms with E-state index in [2.05, 4.69) is 33.9 Å². The number of alkyl halides is 3. The summed E-state index contributed by atoms with van der Waals surface area (Å²) in [6.45, 7) is 7.90. The van der Waals surface area contributed by atoms with Gasteiger partial charge in [-0.1, -0.05) is 13.8 Å². The third-order valence-corrected chi connectivity index (χ3v) is 2.82. The average Bonchev–Trinajstić information content (AvgIpc) is 2.30. The molecule has 0 radical (unpaired) electrons. The molecule has 1 aromatic heterocycles. The van der Waals surface area contributed by atoms with Crippen LogP contribution in [0.4, 0.5) is 13.2 Å². The fourth-order valence-electron chi connectivity index (χ4n) is 1.87. The zero-order valence-electron chi connectivity index (χ0n) is 12.8. The molecule has 1 rings (SSSR count). The number of halogens is 3. The van der Waals surface area contributed by atoms with Gasteiger partial charge >= 0.3 is 6.18 Å². The van der Waals surface area contributed by atoms with E-state index >= 15 is 0 Å². The molecule has 0 unspecified atom stereocenters. The van der Waals surface area contributed by atoms with E-state index < -0.39 is 12.8 Å². The van der Waals surface area contributed by atoms with Crippen molar-refractivity contribution < 1.29 is 17.9 Å². The Labute approximate surface area is 123 Å². The molecule has 0 fully saturated rings. The SMILES string of the molecule is Cc1nc(COCC(F)(F)F)nc(C)c1CNCC(C)C. The quantitative estimate of drug-likeness (QED) is 0.841. The molecule has 0 saturated carbocycles. The van der Waals surface area contributed by atoms with Crippen LogP contribution >= 0.6 is 0 Å². The highest BCUT2D eigenvalue weighted by atomic mass is 19.4. The van der Waals surface area contributed by atoms with E-state index in [0.29, 0.717) is 12.5 Å². The Morgan fingerprint density at radius 3 is 2.19 bits per heavy atom. The van der Waals surface area contributed by atoms with Gasteiger partial charge in [0.05, 0.1) is 0 Å². The molecule has 0 amide bonds. The van der Waals surface area contributed by atoms with E-state index in [1.807, 2.05) is 13.8 Å². The van der Waals surface area contributed by atoms with Crippen LogP contribution in [0.25, 0.3) is 0 Å². The van der Waals surface area contributed by atoms with Gasteiger partial charge in [0.25, 0.3) is 0 Å². The minimum atomic E-state index is -4.33. The molecule has 21 heavy (non-hydrogen) atoms. The Balaban J connectivity index is 2.62. The van der Waals surface area contributed by atoms with Gasteiger partial charge in [0.15, 0.2) is 5.82 Å². The number of rotatable bonds is 7. The van der Waals surface area contributed by atoms with Crippen molar-refractivity contribution in [1.82, 2.24) is 15.3 Å². The highest BCUT2D eigenvalue weighted by molar-refractivity contribution is 5.24. The molecule has 0 spiro atoms. The second-order valence-corrected chi connectivity index (χ2v) is 5.42. The minimum Gasteiger partial charge on any atom is -0.364 e. The van der Waals surface area contributed by atoms with Crippen LogP contribution in [0.3, 0.4) is 0 Å². The lowest BCUT2D eigenvalue weighted by molar-refractivity contribution is -0.177. The zero-order chi connectivity index (χ0) is 16.0. The zero-order valence-corrected chi connectivity index (χ0v) is 12.8. The normalized spacial score (nSPS) is 12.2. The van der Waals surface area contributed by atoms with Crippen molar-refractivity contribution in [3.05, 3.63) is 22.8 Å². The highest BCUT2D eigenvalue weighted by Crippen LogP contribution is 2.16. The second-order valence-electron chi connectivity index (χ2n) is 5.42. The summed E-state index contributed by atoms with van der Waals surface area (Å²) in [5.74, 6) is 0.823. The predicted octanol–water partition coefficient (Wildman–Crippen LogP) is 2.92. The number of ether oxygens (including phenoxy) is 1. The topological polar surface area (TPSA) is 47.0 Å². The van der Waals surface area contributed by atoms with Crippen molar-refractivity contribution in [2.75, 3.05) is 13.2 Å². The van der Waals surface area contributed by atoms with Crippen molar-refractivity contribution in [2.24, 2.45) is 5.92 Å². The van der Waals surface area contributed by atoms with Gasteiger partial charge in [-0.05, 0) is 26.3 Å². The molecule has 1 aromatic rings.